The number of halogens is 1. The van der Waals surface area contributed by atoms with Crippen LogP contribution in [0.2, 0.25) is 5.02 Å². The molecule has 2 heterocycles. The molecule has 1 N–H and O–H groups in total. The Hall–Kier alpha value is -1.96. The summed E-state index contributed by atoms with van der Waals surface area (Å²) in [6, 6.07) is 7.41. The van der Waals surface area contributed by atoms with E-state index in [0.717, 1.165) is 11.3 Å². The van der Waals surface area contributed by atoms with E-state index in [9.17, 15) is 9.59 Å². The summed E-state index contributed by atoms with van der Waals surface area (Å²) in [5.41, 5.74) is 1.54. The number of carbonyl (C=O) groups excluding carboxylic acids is 2. The number of rotatable bonds is 5. The highest BCUT2D eigenvalue weighted by Crippen LogP contribution is 2.30. The maximum atomic E-state index is 12.0. The molecule has 25 heavy (non-hydrogen) atoms. The number of nitrogens with one attached hydrogen (secondary N) is 1. The van der Waals surface area contributed by atoms with Crippen molar-refractivity contribution in [3.05, 3.63) is 34.7 Å². The van der Waals surface area contributed by atoms with Crippen molar-refractivity contribution in [3.63, 3.8) is 0 Å². The second-order valence-electron chi connectivity index (χ2n) is 5.56. The number of morpholine rings is 1. The second kappa shape index (κ2) is 8.42. The Balaban J connectivity index is 1.52. The average molecular weight is 380 g/mol. The fraction of sp³-hybridized carbons (Fsp3) is 0.353. The van der Waals surface area contributed by atoms with Crippen LogP contribution in [0.5, 0.6) is 0 Å². The fourth-order valence-electron chi connectivity index (χ4n) is 2.50. The molecule has 1 aliphatic heterocycles. The van der Waals surface area contributed by atoms with Gasteiger partial charge < -0.3 is 15.0 Å². The predicted molar refractivity (Wildman–Crippen MR) is 97.8 cm³/mol. The number of hydrogen-bond acceptors (Lipinski definition) is 5. The number of aromatic nitrogens is 1. The largest absolute Gasteiger partial charge is 0.378 e. The van der Waals surface area contributed by atoms with Crippen LogP contribution in [-0.4, -0.2) is 48.0 Å². The molecule has 0 unspecified atom stereocenters. The molecule has 1 saturated heterocycles. The number of ether oxygens (including phenoxy) is 1. The van der Waals surface area contributed by atoms with Gasteiger partial charge in [-0.2, -0.15) is 0 Å². The van der Waals surface area contributed by atoms with Crippen molar-refractivity contribution in [2.24, 2.45) is 0 Å². The quantitative estimate of drug-likeness (QED) is 0.866. The van der Waals surface area contributed by atoms with Gasteiger partial charge in [0.2, 0.25) is 11.8 Å². The Morgan fingerprint density at radius 3 is 2.76 bits per heavy atom. The Bertz CT molecular complexity index is 759. The fourth-order valence-corrected chi connectivity index (χ4v) is 3.46. The molecule has 0 spiro atoms. The molecule has 2 amide bonds. The summed E-state index contributed by atoms with van der Waals surface area (Å²) in [7, 11) is 0. The lowest BCUT2D eigenvalue weighted by Crippen LogP contribution is -2.40. The van der Waals surface area contributed by atoms with Crippen molar-refractivity contribution in [3.8, 4) is 11.3 Å². The molecule has 0 saturated carbocycles. The molecular formula is C17H18ClN3O3S. The smallest absolute Gasteiger partial charge is 0.226 e. The summed E-state index contributed by atoms with van der Waals surface area (Å²) in [6.07, 6.45) is 0.325. The van der Waals surface area contributed by atoms with Crippen molar-refractivity contribution < 1.29 is 14.3 Å². The standard InChI is InChI=1S/C17H18ClN3O3S/c18-13-4-2-1-3-12(13)14-11-25-17(19-14)20-15(22)5-6-16(23)21-7-9-24-10-8-21/h1-4,11H,5-10H2,(H,19,20,22). The third kappa shape index (κ3) is 4.78. The van der Waals surface area contributed by atoms with Crippen LogP contribution in [0.1, 0.15) is 12.8 Å². The van der Waals surface area contributed by atoms with Crippen LogP contribution in [0.4, 0.5) is 5.13 Å². The number of nitrogens with zero attached hydrogens (tertiary/aromatic N) is 2. The van der Waals surface area contributed by atoms with Gasteiger partial charge in [0.1, 0.15) is 0 Å². The first-order chi connectivity index (χ1) is 12.1. The molecule has 1 fully saturated rings. The van der Waals surface area contributed by atoms with E-state index >= 15 is 0 Å². The van der Waals surface area contributed by atoms with Gasteiger partial charge in [0.05, 0.1) is 18.9 Å². The highest BCUT2D eigenvalue weighted by Gasteiger charge is 2.18. The lowest BCUT2D eigenvalue weighted by Gasteiger charge is -2.26. The molecule has 0 aliphatic carbocycles. The van der Waals surface area contributed by atoms with Gasteiger partial charge in [-0.3, -0.25) is 9.59 Å². The first-order valence-electron chi connectivity index (χ1n) is 7.99. The maximum absolute atomic E-state index is 12.0. The zero-order valence-electron chi connectivity index (χ0n) is 13.5. The van der Waals surface area contributed by atoms with Gasteiger partial charge in [-0.05, 0) is 6.07 Å². The van der Waals surface area contributed by atoms with Crippen LogP contribution in [0, 0.1) is 0 Å². The molecule has 6 nitrogen and oxygen atoms in total. The number of amides is 2. The molecule has 2 aromatic rings. The number of anilines is 1. The third-order valence-electron chi connectivity index (χ3n) is 3.83. The van der Waals surface area contributed by atoms with Crippen LogP contribution >= 0.6 is 22.9 Å². The van der Waals surface area contributed by atoms with Gasteiger partial charge in [-0.1, -0.05) is 29.8 Å². The minimum absolute atomic E-state index is 0.0191. The Morgan fingerprint density at radius 1 is 1.24 bits per heavy atom. The van der Waals surface area contributed by atoms with Crippen molar-refractivity contribution in [2.75, 3.05) is 31.6 Å². The van der Waals surface area contributed by atoms with E-state index in [1.165, 1.54) is 11.3 Å². The van der Waals surface area contributed by atoms with Gasteiger partial charge in [-0.25, -0.2) is 4.98 Å². The molecule has 1 aliphatic rings. The van der Waals surface area contributed by atoms with Crippen LogP contribution in [0.25, 0.3) is 11.3 Å². The topological polar surface area (TPSA) is 71.5 Å². The number of carbonyl (C=O) groups is 2. The molecule has 0 radical (unpaired) electrons. The summed E-state index contributed by atoms with van der Waals surface area (Å²) in [4.78, 5) is 30.2. The van der Waals surface area contributed by atoms with Crippen LogP contribution in [0.3, 0.4) is 0 Å². The first-order valence-corrected chi connectivity index (χ1v) is 9.25. The highest BCUT2D eigenvalue weighted by molar-refractivity contribution is 7.14. The van der Waals surface area contributed by atoms with E-state index in [2.05, 4.69) is 10.3 Å². The predicted octanol–water partition coefficient (Wildman–Crippen LogP) is 3.04. The highest BCUT2D eigenvalue weighted by atomic mass is 35.5. The van der Waals surface area contributed by atoms with Gasteiger partial charge in [0, 0.05) is 41.9 Å². The van der Waals surface area contributed by atoms with Gasteiger partial charge in [-0.15, -0.1) is 11.3 Å². The molecular weight excluding hydrogens is 362 g/mol. The minimum Gasteiger partial charge on any atom is -0.378 e. The summed E-state index contributed by atoms with van der Waals surface area (Å²) in [6.45, 7) is 2.30. The number of benzene rings is 1. The summed E-state index contributed by atoms with van der Waals surface area (Å²) in [5.74, 6) is -0.240. The lowest BCUT2D eigenvalue weighted by atomic mass is 10.2. The Morgan fingerprint density at radius 2 is 2.00 bits per heavy atom. The molecule has 1 aromatic heterocycles. The van der Waals surface area contributed by atoms with Crippen molar-refractivity contribution >= 4 is 39.9 Å². The minimum atomic E-state index is -0.221. The van der Waals surface area contributed by atoms with E-state index in [-0.39, 0.29) is 24.7 Å². The van der Waals surface area contributed by atoms with Gasteiger partial charge in [0.25, 0.3) is 0 Å². The van der Waals surface area contributed by atoms with Gasteiger partial charge in [0.15, 0.2) is 5.13 Å². The van der Waals surface area contributed by atoms with Crippen molar-refractivity contribution in [1.82, 2.24) is 9.88 Å². The van der Waals surface area contributed by atoms with Crippen LogP contribution in [0.15, 0.2) is 29.6 Å². The number of hydrogen-bond donors (Lipinski definition) is 1. The van der Waals surface area contributed by atoms with Crippen LogP contribution < -0.4 is 5.32 Å². The zero-order valence-corrected chi connectivity index (χ0v) is 15.1. The normalized spacial score (nSPS) is 14.4. The van der Waals surface area contributed by atoms with Crippen molar-refractivity contribution in [2.45, 2.75) is 12.8 Å². The second-order valence-corrected chi connectivity index (χ2v) is 6.82. The van der Waals surface area contributed by atoms with E-state index in [0.29, 0.717) is 36.5 Å². The average Bonchev–Trinajstić information content (AvgIpc) is 3.09. The molecule has 1 aromatic carbocycles. The van der Waals surface area contributed by atoms with E-state index in [1.807, 2.05) is 23.6 Å². The van der Waals surface area contributed by atoms with Gasteiger partial charge >= 0.3 is 0 Å². The third-order valence-corrected chi connectivity index (χ3v) is 4.92. The van der Waals surface area contributed by atoms with E-state index in [4.69, 9.17) is 16.3 Å². The Labute approximate surface area is 154 Å². The SMILES string of the molecule is O=C(CCC(=O)N1CCOCC1)Nc1nc(-c2ccccc2Cl)cs1. The van der Waals surface area contributed by atoms with Crippen molar-refractivity contribution in [1.29, 1.82) is 0 Å². The lowest BCUT2D eigenvalue weighted by molar-refractivity contribution is -0.136. The Kier molecular flexibility index (Phi) is 6.01. The maximum Gasteiger partial charge on any atom is 0.226 e. The molecule has 0 atom stereocenters. The molecule has 8 heteroatoms. The molecule has 3 rings (SSSR count). The monoisotopic (exact) mass is 379 g/mol. The summed E-state index contributed by atoms with van der Waals surface area (Å²) >= 11 is 7.49. The molecule has 0 bridgehead atoms. The zero-order chi connectivity index (χ0) is 17.6. The van der Waals surface area contributed by atoms with Crippen LogP contribution in [-0.2, 0) is 14.3 Å². The summed E-state index contributed by atoms with van der Waals surface area (Å²) in [5, 5.41) is 5.69. The van der Waals surface area contributed by atoms with E-state index < -0.39 is 0 Å². The summed E-state index contributed by atoms with van der Waals surface area (Å²) < 4.78 is 5.21. The first kappa shape index (κ1) is 17.8. The van der Waals surface area contributed by atoms with E-state index in [1.54, 1.807) is 11.0 Å². The molecule has 132 valence electrons. The number of thiazole rings is 1.